The van der Waals surface area contributed by atoms with Crippen LogP contribution in [0, 0.1) is 0 Å². The monoisotopic (exact) mass is 339 g/mol. The maximum Gasteiger partial charge on any atom is 0.407 e. The molecule has 0 spiro atoms. The number of rotatable bonds is 1. The Bertz CT molecular complexity index is 624. The fraction of sp³-hybridized carbons (Fsp3) is 0.467. The molecule has 0 radical (unpaired) electrons. The van der Waals surface area contributed by atoms with Gasteiger partial charge in [0.1, 0.15) is 11.3 Å². The summed E-state index contributed by atoms with van der Waals surface area (Å²) in [5, 5.41) is 4.91. The first-order chi connectivity index (χ1) is 11.2. The second-order valence-corrected chi connectivity index (χ2v) is 5.66. The number of carbonyl (C=O) groups is 3. The molecule has 1 aliphatic heterocycles. The summed E-state index contributed by atoms with van der Waals surface area (Å²) in [6, 6.07) is 1.46. The topological polar surface area (TPSA) is 116 Å². The summed E-state index contributed by atoms with van der Waals surface area (Å²) in [4.78, 5) is 36.5. The maximum atomic E-state index is 11.2. The van der Waals surface area contributed by atoms with Crippen LogP contribution in [0.4, 0.5) is 10.5 Å². The average molecular weight is 339 g/mol. The van der Waals surface area contributed by atoms with Gasteiger partial charge in [0, 0.05) is 13.2 Å². The van der Waals surface area contributed by atoms with Gasteiger partial charge in [-0.25, -0.2) is 14.6 Å². The molecule has 132 valence electrons. The SMILES string of the molecule is CNC(=O)OC(C)(C)C.COC(=O)c1cnc2c(c1)NC(=O)CO2. The highest BCUT2D eigenvalue weighted by atomic mass is 16.6. The molecular formula is C15H21N3O6. The molecule has 2 N–H and O–H groups in total. The molecule has 0 saturated carbocycles. The van der Waals surface area contributed by atoms with E-state index >= 15 is 0 Å². The molecule has 1 aromatic rings. The smallest absolute Gasteiger partial charge is 0.407 e. The van der Waals surface area contributed by atoms with E-state index in [1.165, 1.54) is 26.4 Å². The van der Waals surface area contributed by atoms with Gasteiger partial charge in [0.25, 0.3) is 5.91 Å². The van der Waals surface area contributed by atoms with E-state index < -0.39 is 5.97 Å². The molecule has 0 unspecified atom stereocenters. The number of methoxy groups -OCH3 is 1. The van der Waals surface area contributed by atoms with Crippen LogP contribution in [0.25, 0.3) is 0 Å². The molecule has 2 amide bonds. The predicted octanol–water partition coefficient (Wildman–Crippen LogP) is 1.34. The molecule has 9 heteroatoms. The van der Waals surface area contributed by atoms with Crippen molar-refractivity contribution in [1.29, 1.82) is 0 Å². The number of fused-ring (bicyclic) bond motifs is 1. The van der Waals surface area contributed by atoms with Crippen LogP contribution in [0.2, 0.25) is 0 Å². The van der Waals surface area contributed by atoms with Crippen LogP contribution in [-0.2, 0) is 14.3 Å². The lowest BCUT2D eigenvalue weighted by molar-refractivity contribution is -0.118. The highest BCUT2D eigenvalue weighted by molar-refractivity contribution is 5.97. The molecule has 2 rings (SSSR count). The number of esters is 1. The van der Waals surface area contributed by atoms with Gasteiger partial charge < -0.3 is 24.8 Å². The quantitative estimate of drug-likeness (QED) is 0.742. The first-order valence-electron chi connectivity index (χ1n) is 7.08. The highest BCUT2D eigenvalue weighted by Gasteiger charge is 2.19. The lowest BCUT2D eigenvalue weighted by Crippen LogP contribution is -2.30. The van der Waals surface area contributed by atoms with E-state index in [1.54, 1.807) is 0 Å². The number of ether oxygens (including phenoxy) is 3. The molecule has 1 aliphatic rings. The zero-order chi connectivity index (χ0) is 18.3. The van der Waals surface area contributed by atoms with Crippen LogP contribution in [-0.4, -0.2) is 49.3 Å². The summed E-state index contributed by atoms with van der Waals surface area (Å²) in [7, 11) is 2.81. The molecule has 0 atom stereocenters. The molecular weight excluding hydrogens is 318 g/mol. The molecule has 2 heterocycles. The Labute approximate surface area is 139 Å². The van der Waals surface area contributed by atoms with Gasteiger partial charge in [-0.15, -0.1) is 0 Å². The fourth-order valence-corrected chi connectivity index (χ4v) is 1.54. The van der Waals surface area contributed by atoms with Crippen LogP contribution in [0.3, 0.4) is 0 Å². The molecule has 24 heavy (non-hydrogen) atoms. The Morgan fingerprint density at radius 1 is 1.38 bits per heavy atom. The maximum absolute atomic E-state index is 11.2. The van der Waals surface area contributed by atoms with Gasteiger partial charge in [-0.3, -0.25) is 4.79 Å². The summed E-state index contributed by atoms with van der Waals surface area (Å²) < 4.78 is 14.4. The van der Waals surface area contributed by atoms with Gasteiger partial charge in [-0.05, 0) is 26.8 Å². The molecule has 0 aromatic carbocycles. The zero-order valence-electron chi connectivity index (χ0n) is 14.3. The van der Waals surface area contributed by atoms with Crippen LogP contribution >= 0.6 is 0 Å². The number of nitrogens with zero attached hydrogens (tertiary/aromatic N) is 1. The number of pyridine rings is 1. The van der Waals surface area contributed by atoms with E-state index in [1.807, 2.05) is 20.8 Å². The largest absolute Gasteiger partial charge is 0.466 e. The lowest BCUT2D eigenvalue weighted by Gasteiger charge is -2.18. The summed E-state index contributed by atoms with van der Waals surface area (Å²) in [5.41, 5.74) is 0.260. The summed E-state index contributed by atoms with van der Waals surface area (Å²) in [6.45, 7) is 5.41. The van der Waals surface area contributed by atoms with Crippen molar-refractivity contribution in [2.45, 2.75) is 26.4 Å². The van der Waals surface area contributed by atoms with E-state index in [-0.39, 0.29) is 29.8 Å². The van der Waals surface area contributed by atoms with E-state index in [9.17, 15) is 14.4 Å². The van der Waals surface area contributed by atoms with Gasteiger partial charge in [0.2, 0.25) is 5.88 Å². The third-order valence-electron chi connectivity index (χ3n) is 2.49. The van der Waals surface area contributed by atoms with Crippen molar-refractivity contribution in [1.82, 2.24) is 10.3 Å². The van der Waals surface area contributed by atoms with Crippen molar-refractivity contribution >= 4 is 23.7 Å². The van der Waals surface area contributed by atoms with Crippen molar-refractivity contribution < 1.29 is 28.6 Å². The van der Waals surface area contributed by atoms with Crippen LogP contribution in [0.15, 0.2) is 12.3 Å². The third-order valence-corrected chi connectivity index (χ3v) is 2.49. The number of anilines is 1. The zero-order valence-corrected chi connectivity index (χ0v) is 14.3. The molecule has 0 aliphatic carbocycles. The fourth-order valence-electron chi connectivity index (χ4n) is 1.54. The van der Waals surface area contributed by atoms with Crippen molar-refractivity contribution in [3.05, 3.63) is 17.8 Å². The van der Waals surface area contributed by atoms with Gasteiger partial charge in [-0.1, -0.05) is 0 Å². The van der Waals surface area contributed by atoms with Crippen LogP contribution < -0.4 is 15.4 Å². The molecule has 0 fully saturated rings. The lowest BCUT2D eigenvalue weighted by atomic mass is 10.2. The van der Waals surface area contributed by atoms with Crippen molar-refractivity contribution in [3.8, 4) is 5.88 Å². The summed E-state index contributed by atoms with van der Waals surface area (Å²) in [6.07, 6.45) is 0.949. The first kappa shape index (κ1) is 19.2. The van der Waals surface area contributed by atoms with Gasteiger partial charge in [0.05, 0.1) is 12.7 Å². The number of alkyl carbamates (subject to hydrolysis) is 1. The minimum Gasteiger partial charge on any atom is -0.466 e. The third kappa shape index (κ3) is 6.11. The Morgan fingerprint density at radius 2 is 2.04 bits per heavy atom. The van der Waals surface area contributed by atoms with Crippen molar-refractivity contribution in [3.63, 3.8) is 0 Å². The predicted molar refractivity (Wildman–Crippen MR) is 85.0 cm³/mol. The van der Waals surface area contributed by atoms with Crippen molar-refractivity contribution in [2.75, 3.05) is 26.1 Å². The van der Waals surface area contributed by atoms with Gasteiger partial charge in [0.15, 0.2) is 6.61 Å². The van der Waals surface area contributed by atoms with Crippen LogP contribution in [0.1, 0.15) is 31.1 Å². The van der Waals surface area contributed by atoms with E-state index in [0.717, 1.165) is 0 Å². The van der Waals surface area contributed by atoms with Gasteiger partial charge >= 0.3 is 12.1 Å². The number of aromatic nitrogens is 1. The Hall–Kier alpha value is -2.84. The molecule has 0 bridgehead atoms. The summed E-state index contributed by atoms with van der Waals surface area (Å²) >= 11 is 0. The van der Waals surface area contributed by atoms with Crippen LogP contribution in [0.5, 0.6) is 5.88 Å². The standard InChI is InChI=1S/C9H8N2O4.C6H13NO2/c1-14-9(13)5-2-6-8(10-3-5)15-4-7(12)11-6;1-6(2,3)9-5(8)7-4/h2-3H,4H2,1H3,(H,11,12);1-4H3,(H,7,8). The second kappa shape index (κ2) is 8.14. The Morgan fingerprint density at radius 3 is 2.54 bits per heavy atom. The first-order valence-corrected chi connectivity index (χ1v) is 7.08. The van der Waals surface area contributed by atoms with E-state index in [2.05, 4.69) is 20.4 Å². The average Bonchev–Trinajstić information content (AvgIpc) is 2.52. The van der Waals surface area contributed by atoms with Crippen molar-refractivity contribution in [2.24, 2.45) is 0 Å². The number of hydrogen-bond acceptors (Lipinski definition) is 7. The number of amides is 2. The van der Waals surface area contributed by atoms with Gasteiger partial charge in [-0.2, -0.15) is 0 Å². The molecule has 0 saturated heterocycles. The van der Waals surface area contributed by atoms with E-state index in [4.69, 9.17) is 9.47 Å². The number of nitrogens with one attached hydrogen (secondary N) is 2. The summed E-state index contributed by atoms with van der Waals surface area (Å²) in [5.74, 6) is -0.473. The normalized spacial score (nSPS) is 12.5. The second-order valence-electron chi connectivity index (χ2n) is 5.66. The number of carbonyl (C=O) groups excluding carboxylic acids is 3. The molecule has 1 aromatic heterocycles. The number of hydrogen-bond donors (Lipinski definition) is 2. The minimum absolute atomic E-state index is 0.0580. The molecule has 9 nitrogen and oxygen atoms in total. The Kier molecular flexibility index (Phi) is 6.51. The highest BCUT2D eigenvalue weighted by Crippen LogP contribution is 2.25. The van der Waals surface area contributed by atoms with E-state index in [0.29, 0.717) is 11.6 Å². The minimum atomic E-state index is -0.509. The Balaban J connectivity index is 0.000000277.